The molecule has 1 aromatic heterocycles. The number of aryl methyl sites for hydroxylation is 1. The molecule has 0 amide bonds. The first kappa shape index (κ1) is 13.1. The Hall–Kier alpha value is -1.35. The zero-order valence-corrected chi connectivity index (χ0v) is 11.6. The standard InChI is InChI=1S/C15H23N3/c1-4-11-18-14-8-6-5-7-13(14)17-15(18)9-10-16-12(2)3/h5-8,12,16H,4,9-11H2,1-3H3. The number of imidazole rings is 1. The lowest BCUT2D eigenvalue weighted by molar-refractivity contribution is 0.567. The van der Waals surface area contributed by atoms with Crippen LogP contribution < -0.4 is 5.32 Å². The summed E-state index contributed by atoms with van der Waals surface area (Å²) >= 11 is 0. The predicted octanol–water partition coefficient (Wildman–Crippen LogP) is 2.99. The second-order valence-corrected chi connectivity index (χ2v) is 5.03. The van der Waals surface area contributed by atoms with E-state index >= 15 is 0 Å². The molecule has 0 fully saturated rings. The van der Waals surface area contributed by atoms with E-state index in [1.165, 1.54) is 11.3 Å². The lowest BCUT2D eigenvalue weighted by atomic mass is 10.3. The summed E-state index contributed by atoms with van der Waals surface area (Å²) in [4.78, 5) is 4.75. The molecule has 0 saturated heterocycles. The molecule has 1 N–H and O–H groups in total. The first-order valence-electron chi connectivity index (χ1n) is 6.90. The first-order valence-corrected chi connectivity index (χ1v) is 6.90. The molecule has 3 heteroatoms. The van der Waals surface area contributed by atoms with Crippen LogP contribution in [0.25, 0.3) is 11.0 Å². The molecule has 0 radical (unpaired) electrons. The van der Waals surface area contributed by atoms with Gasteiger partial charge in [-0.05, 0) is 18.6 Å². The van der Waals surface area contributed by atoms with Crippen molar-refractivity contribution in [3.05, 3.63) is 30.1 Å². The summed E-state index contributed by atoms with van der Waals surface area (Å²) in [7, 11) is 0. The van der Waals surface area contributed by atoms with Crippen molar-refractivity contribution in [2.75, 3.05) is 6.54 Å². The lowest BCUT2D eigenvalue weighted by Crippen LogP contribution is -2.25. The number of fused-ring (bicyclic) bond motifs is 1. The number of nitrogens with zero attached hydrogens (tertiary/aromatic N) is 2. The van der Waals surface area contributed by atoms with Crippen molar-refractivity contribution in [3.8, 4) is 0 Å². The molecule has 3 nitrogen and oxygen atoms in total. The summed E-state index contributed by atoms with van der Waals surface area (Å²) in [5, 5.41) is 3.45. The van der Waals surface area contributed by atoms with E-state index in [0.717, 1.165) is 31.4 Å². The van der Waals surface area contributed by atoms with E-state index in [-0.39, 0.29) is 0 Å². The SMILES string of the molecule is CCCn1c(CCNC(C)C)nc2ccccc21. The van der Waals surface area contributed by atoms with E-state index in [1.807, 2.05) is 0 Å². The van der Waals surface area contributed by atoms with Gasteiger partial charge in [0.2, 0.25) is 0 Å². The molecule has 1 heterocycles. The van der Waals surface area contributed by atoms with E-state index < -0.39 is 0 Å². The van der Waals surface area contributed by atoms with E-state index in [4.69, 9.17) is 4.98 Å². The zero-order valence-electron chi connectivity index (χ0n) is 11.6. The summed E-state index contributed by atoms with van der Waals surface area (Å²) in [5.74, 6) is 1.20. The van der Waals surface area contributed by atoms with Gasteiger partial charge in [0.05, 0.1) is 11.0 Å². The molecule has 0 aliphatic rings. The molecule has 0 spiro atoms. The Balaban J connectivity index is 2.22. The Morgan fingerprint density at radius 2 is 2.06 bits per heavy atom. The third-order valence-electron chi connectivity index (χ3n) is 3.08. The highest BCUT2D eigenvalue weighted by Crippen LogP contribution is 2.16. The fraction of sp³-hybridized carbons (Fsp3) is 0.533. The van der Waals surface area contributed by atoms with Crippen LogP contribution in [0, 0.1) is 0 Å². The van der Waals surface area contributed by atoms with E-state index in [2.05, 4.69) is 54.9 Å². The summed E-state index contributed by atoms with van der Waals surface area (Å²) in [6.45, 7) is 8.61. The van der Waals surface area contributed by atoms with Crippen LogP contribution in [0.3, 0.4) is 0 Å². The molecule has 2 rings (SSSR count). The number of benzene rings is 1. The Labute approximate surface area is 109 Å². The number of hydrogen-bond donors (Lipinski definition) is 1. The van der Waals surface area contributed by atoms with Crippen molar-refractivity contribution in [3.63, 3.8) is 0 Å². The molecule has 0 aliphatic heterocycles. The van der Waals surface area contributed by atoms with Crippen LogP contribution in [-0.2, 0) is 13.0 Å². The molecule has 18 heavy (non-hydrogen) atoms. The Morgan fingerprint density at radius 1 is 1.28 bits per heavy atom. The molecular weight excluding hydrogens is 222 g/mol. The molecule has 0 unspecified atom stereocenters. The van der Waals surface area contributed by atoms with E-state index in [9.17, 15) is 0 Å². The topological polar surface area (TPSA) is 29.9 Å². The highest BCUT2D eigenvalue weighted by atomic mass is 15.1. The minimum atomic E-state index is 0.536. The van der Waals surface area contributed by atoms with Gasteiger partial charge in [0.1, 0.15) is 5.82 Å². The van der Waals surface area contributed by atoms with Crippen molar-refractivity contribution in [2.45, 2.75) is 46.2 Å². The monoisotopic (exact) mass is 245 g/mol. The van der Waals surface area contributed by atoms with Crippen LogP contribution in [-0.4, -0.2) is 22.1 Å². The average Bonchev–Trinajstić information content (AvgIpc) is 2.68. The van der Waals surface area contributed by atoms with Crippen molar-refractivity contribution in [2.24, 2.45) is 0 Å². The van der Waals surface area contributed by atoms with Gasteiger partial charge in [-0.3, -0.25) is 0 Å². The fourth-order valence-corrected chi connectivity index (χ4v) is 2.26. The van der Waals surface area contributed by atoms with Crippen molar-refractivity contribution in [1.29, 1.82) is 0 Å². The van der Waals surface area contributed by atoms with Crippen molar-refractivity contribution in [1.82, 2.24) is 14.9 Å². The van der Waals surface area contributed by atoms with Gasteiger partial charge in [-0.15, -0.1) is 0 Å². The van der Waals surface area contributed by atoms with Gasteiger partial charge in [-0.25, -0.2) is 4.98 Å². The summed E-state index contributed by atoms with van der Waals surface area (Å²) in [5.41, 5.74) is 2.38. The lowest BCUT2D eigenvalue weighted by Gasteiger charge is -2.10. The largest absolute Gasteiger partial charge is 0.328 e. The smallest absolute Gasteiger partial charge is 0.111 e. The van der Waals surface area contributed by atoms with Gasteiger partial charge < -0.3 is 9.88 Å². The Bertz CT molecular complexity index is 499. The maximum atomic E-state index is 4.75. The number of nitrogens with one attached hydrogen (secondary N) is 1. The summed E-state index contributed by atoms with van der Waals surface area (Å²) in [6.07, 6.45) is 2.14. The fourth-order valence-electron chi connectivity index (χ4n) is 2.26. The van der Waals surface area contributed by atoms with E-state index in [1.54, 1.807) is 0 Å². The first-order chi connectivity index (χ1) is 8.72. The van der Waals surface area contributed by atoms with E-state index in [0.29, 0.717) is 6.04 Å². The average molecular weight is 245 g/mol. The van der Waals surface area contributed by atoms with Gasteiger partial charge >= 0.3 is 0 Å². The number of rotatable bonds is 6. The van der Waals surface area contributed by atoms with Crippen LogP contribution in [0.4, 0.5) is 0 Å². The van der Waals surface area contributed by atoms with Crippen LogP contribution in [0.5, 0.6) is 0 Å². The second-order valence-electron chi connectivity index (χ2n) is 5.03. The van der Waals surface area contributed by atoms with Gasteiger partial charge in [0.15, 0.2) is 0 Å². The van der Waals surface area contributed by atoms with Gasteiger partial charge in [-0.2, -0.15) is 0 Å². The van der Waals surface area contributed by atoms with Crippen molar-refractivity contribution < 1.29 is 0 Å². The third kappa shape index (κ3) is 2.91. The summed E-state index contributed by atoms with van der Waals surface area (Å²) in [6, 6.07) is 8.95. The van der Waals surface area contributed by atoms with Gasteiger partial charge in [0, 0.05) is 25.6 Å². The highest BCUT2D eigenvalue weighted by Gasteiger charge is 2.09. The molecule has 0 atom stereocenters. The number of para-hydroxylation sites is 2. The quantitative estimate of drug-likeness (QED) is 0.848. The van der Waals surface area contributed by atoms with Crippen LogP contribution in [0.15, 0.2) is 24.3 Å². The number of aromatic nitrogens is 2. The molecule has 0 bridgehead atoms. The van der Waals surface area contributed by atoms with Crippen LogP contribution in [0.1, 0.15) is 33.0 Å². The van der Waals surface area contributed by atoms with Crippen molar-refractivity contribution >= 4 is 11.0 Å². The molecule has 0 aliphatic carbocycles. The summed E-state index contributed by atoms with van der Waals surface area (Å²) < 4.78 is 2.36. The molecule has 1 aromatic carbocycles. The number of hydrogen-bond acceptors (Lipinski definition) is 2. The molecular formula is C15H23N3. The second kappa shape index (κ2) is 6.01. The molecule has 0 saturated carbocycles. The minimum Gasteiger partial charge on any atom is -0.328 e. The maximum Gasteiger partial charge on any atom is 0.111 e. The normalized spacial score (nSPS) is 11.6. The van der Waals surface area contributed by atoms with Crippen LogP contribution >= 0.6 is 0 Å². The Morgan fingerprint density at radius 3 is 2.78 bits per heavy atom. The minimum absolute atomic E-state index is 0.536. The van der Waals surface area contributed by atoms with Gasteiger partial charge in [-0.1, -0.05) is 32.9 Å². The zero-order chi connectivity index (χ0) is 13.0. The van der Waals surface area contributed by atoms with Crippen LogP contribution in [0.2, 0.25) is 0 Å². The maximum absolute atomic E-state index is 4.75. The van der Waals surface area contributed by atoms with Gasteiger partial charge in [0.25, 0.3) is 0 Å². The molecule has 2 aromatic rings. The highest BCUT2D eigenvalue weighted by molar-refractivity contribution is 5.75. The molecule has 98 valence electrons. The predicted molar refractivity (Wildman–Crippen MR) is 76.9 cm³/mol. The third-order valence-corrected chi connectivity index (χ3v) is 3.08. The Kier molecular flexibility index (Phi) is 4.37.